The summed E-state index contributed by atoms with van der Waals surface area (Å²) in [5.41, 5.74) is -1.22. The highest BCUT2D eigenvalue weighted by atomic mass is 32.2. The van der Waals surface area contributed by atoms with Gasteiger partial charge in [0.15, 0.2) is 5.65 Å². The third kappa shape index (κ3) is 5.44. The minimum atomic E-state index is -0.896. The van der Waals surface area contributed by atoms with Gasteiger partial charge in [-0.25, -0.2) is 14.8 Å². The molecule has 0 atom stereocenters. The minimum absolute atomic E-state index is 0.353. The summed E-state index contributed by atoms with van der Waals surface area (Å²) < 4.78 is 2.69. The fourth-order valence-electron chi connectivity index (χ4n) is 2.98. The number of aromatic nitrogens is 4. The molecule has 0 amide bonds. The smallest absolute Gasteiger partial charge is 0.332 e. The van der Waals surface area contributed by atoms with E-state index >= 15 is 0 Å². The van der Waals surface area contributed by atoms with E-state index in [1.54, 1.807) is 18.4 Å². The molecular weight excluding hydrogens is 376 g/mol. The van der Waals surface area contributed by atoms with Crippen molar-refractivity contribution in [3.8, 4) is 0 Å². The van der Waals surface area contributed by atoms with E-state index in [4.69, 9.17) is 0 Å². The first-order valence-corrected chi connectivity index (χ1v) is 11.0. The second kappa shape index (κ2) is 9.69. The fourth-order valence-corrected chi connectivity index (χ4v) is 3.96. The van der Waals surface area contributed by atoms with Gasteiger partial charge in [-0.3, -0.25) is 13.9 Å². The number of nitrogens with zero attached hydrogens (tertiary/aromatic N) is 4. The largest absolute Gasteiger partial charge is 0.390 e. The molecule has 0 saturated carbocycles. The molecule has 156 valence electrons. The fraction of sp³-hybridized carbons (Fsp3) is 0.700. The highest BCUT2D eigenvalue weighted by Gasteiger charge is 2.21. The van der Waals surface area contributed by atoms with Crippen LogP contribution in [0.15, 0.2) is 14.6 Å². The van der Waals surface area contributed by atoms with E-state index in [9.17, 15) is 14.7 Å². The van der Waals surface area contributed by atoms with Gasteiger partial charge in [-0.05, 0) is 26.7 Å². The van der Waals surface area contributed by atoms with Crippen molar-refractivity contribution in [3.63, 3.8) is 0 Å². The summed E-state index contributed by atoms with van der Waals surface area (Å²) in [7, 11) is 1.49. The zero-order valence-electron chi connectivity index (χ0n) is 17.6. The summed E-state index contributed by atoms with van der Waals surface area (Å²) in [6, 6.07) is 0. The maximum absolute atomic E-state index is 12.9. The molecule has 8 heteroatoms. The van der Waals surface area contributed by atoms with Gasteiger partial charge in [0.1, 0.15) is 16.2 Å². The molecule has 2 rings (SSSR count). The van der Waals surface area contributed by atoms with Gasteiger partial charge < -0.3 is 5.11 Å². The van der Waals surface area contributed by atoms with Crippen LogP contribution in [0.5, 0.6) is 0 Å². The summed E-state index contributed by atoms with van der Waals surface area (Å²) in [6.45, 7) is 8.09. The highest BCUT2D eigenvalue weighted by molar-refractivity contribution is 7.99. The molecule has 0 unspecified atom stereocenters. The second-order valence-electron chi connectivity index (χ2n) is 7.85. The van der Waals surface area contributed by atoms with Crippen LogP contribution in [0.1, 0.15) is 65.6 Å². The summed E-state index contributed by atoms with van der Waals surface area (Å²) in [5, 5.41) is 11.0. The quantitative estimate of drug-likeness (QED) is 0.369. The molecule has 0 aliphatic heterocycles. The SMILES string of the molecule is CCCCCCc1nc(SCC(C)(C)O)c2c(=O)n(C)c(=O)n(CCC)c2n1. The van der Waals surface area contributed by atoms with E-state index in [0.29, 0.717) is 40.6 Å². The van der Waals surface area contributed by atoms with E-state index in [-0.39, 0.29) is 11.2 Å². The van der Waals surface area contributed by atoms with Crippen LogP contribution < -0.4 is 11.2 Å². The van der Waals surface area contributed by atoms with Crippen LogP contribution in [-0.2, 0) is 20.0 Å². The molecule has 0 aliphatic carbocycles. The summed E-state index contributed by atoms with van der Waals surface area (Å²) in [4.78, 5) is 34.8. The zero-order valence-corrected chi connectivity index (χ0v) is 18.4. The van der Waals surface area contributed by atoms with Gasteiger partial charge in [-0.15, -0.1) is 11.8 Å². The van der Waals surface area contributed by atoms with E-state index in [0.717, 1.165) is 36.7 Å². The second-order valence-corrected chi connectivity index (χ2v) is 8.82. The van der Waals surface area contributed by atoms with Crippen molar-refractivity contribution >= 4 is 22.8 Å². The van der Waals surface area contributed by atoms with Gasteiger partial charge in [0, 0.05) is 25.8 Å². The number of rotatable bonds is 10. The molecule has 1 N–H and O–H groups in total. The van der Waals surface area contributed by atoms with Gasteiger partial charge in [0.05, 0.1) is 5.60 Å². The van der Waals surface area contributed by atoms with Crippen LogP contribution in [0.3, 0.4) is 0 Å². The Morgan fingerprint density at radius 2 is 1.79 bits per heavy atom. The third-order valence-electron chi connectivity index (χ3n) is 4.46. The Kier molecular flexibility index (Phi) is 7.83. The van der Waals surface area contributed by atoms with Gasteiger partial charge in [0.25, 0.3) is 5.56 Å². The van der Waals surface area contributed by atoms with Crippen LogP contribution in [-0.4, -0.2) is 35.6 Å². The van der Waals surface area contributed by atoms with E-state index in [1.807, 2.05) is 6.92 Å². The highest BCUT2D eigenvalue weighted by Crippen LogP contribution is 2.26. The van der Waals surface area contributed by atoms with Crippen LogP contribution >= 0.6 is 11.8 Å². The first-order chi connectivity index (χ1) is 13.2. The molecule has 7 nitrogen and oxygen atoms in total. The topological polar surface area (TPSA) is 90.0 Å². The average Bonchev–Trinajstić information content (AvgIpc) is 2.64. The molecule has 0 aromatic carbocycles. The number of fused-ring (bicyclic) bond motifs is 1. The predicted octanol–water partition coefficient (Wildman–Crippen LogP) is 2.89. The lowest BCUT2D eigenvalue weighted by Crippen LogP contribution is -2.39. The van der Waals surface area contributed by atoms with Gasteiger partial charge in [-0.1, -0.05) is 33.1 Å². The van der Waals surface area contributed by atoms with Crippen molar-refractivity contribution in [1.29, 1.82) is 0 Å². The van der Waals surface area contributed by atoms with Gasteiger partial charge >= 0.3 is 5.69 Å². The monoisotopic (exact) mass is 408 g/mol. The number of hydrogen-bond acceptors (Lipinski definition) is 6. The van der Waals surface area contributed by atoms with Crippen LogP contribution in [0, 0.1) is 0 Å². The molecule has 0 aliphatic rings. The van der Waals surface area contributed by atoms with Crippen molar-refractivity contribution in [2.75, 3.05) is 5.75 Å². The Balaban J connectivity index is 2.63. The minimum Gasteiger partial charge on any atom is -0.390 e. The van der Waals surface area contributed by atoms with Gasteiger partial charge in [0.2, 0.25) is 0 Å². The summed E-state index contributed by atoms with van der Waals surface area (Å²) >= 11 is 1.34. The Labute approximate surface area is 170 Å². The van der Waals surface area contributed by atoms with Crippen molar-refractivity contribution in [3.05, 3.63) is 26.7 Å². The lowest BCUT2D eigenvalue weighted by molar-refractivity contribution is 0.107. The van der Waals surface area contributed by atoms with E-state index < -0.39 is 5.60 Å². The van der Waals surface area contributed by atoms with Crippen LogP contribution in [0.2, 0.25) is 0 Å². The molecule has 0 fully saturated rings. The molecule has 2 heterocycles. The molecule has 0 radical (unpaired) electrons. The Morgan fingerprint density at radius 1 is 1.07 bits per heavy atom. The van der Waals surface area contributed by atoms with Gasteiger partial charge in [-0.2, -0.15) is 0 Å². The Bertz CT molecular complexity index is 928. The molecule has 0 spiro atoms. The standard InChI is InChI=1S/C20H32N4O3S/c1-6-8-9-10-11-14-21-16-15(17(22-14)28-13-20(3,4)27)18(25)23(5)19(26)24(16)12-7-2/h27H,6-13H2,1-5H3. The lowest BCUT2D eigenvalue weighted by Gasteiger charge is -2.18. The van der Waals surface area contributed by atoms with Crippen molar-refractivity contribution in [2.45, 2.75) is 83.4 Å². The van der Waals surface area contributed by atoms with Crippen molar-refractivity contribution in [1.82, 2.24) is 19.1 Å². The first kappa shape index (κ1) is 22.6. The summed E-state index contributed by atoms with van der Waals surface area (Å²) in [5.74, 6) is 1.05. The van der Waals surface area contributed by atoms with Crippen LogP contribution in [0.4, 0.5) is 0 Å². The van der Waals surface area contributed by atoms with E-state index in [1.165, 1.54) is 18.8 Å². The molecular formula is C20H32N4O3S. The lowest BCUT2D eigenvalue weighted by atomic mass is 10.1. The number of aryl methyl sites for hydroxylation is 2. The number of hydrogen-bond donors (Lipinski definition) is 1. The number of thioether (sulfide) groups is 1. The van der Waals surface area contributed by atoms with Crippen LogP contribution in [0.25, 0.3) is 11.0 Å². The molecule has 28 heavy (non-hydrogen) atoms. The number of aliphatic hydroxyl groups is 1. The predicted molar refractivity (Wildman–Crippen MR) is 114 cm³/mol. The van der Waals surface area contributed by atoms with E-state index in [2.05, 4.69) is 16.9 Å². The number of unbranched alkanes of at least 4 members (excludes halogenated alkanes) is 3. The summed E-state index contributed by atoms with van der Waals surface area (Å²) in [6.07, 6.45) is 5.85. The maximum Gasteiger partial charge on any atom is 0.332 e. The zero-order chi connectivity index (χ0) is 20.9. The molecule has 0 saturated heterocycles. The maximum atomic E-state index is 12.9. The van der Waals surface area contributed by atoms with Crippen molar-refractivity contribution < 1.29 is 5.11 Å². The third-order valence-corrected chi connectivity index (χ3v) is 5.88. The van der Waals surface area contributed by atoms with Crippen molar-refractivity contribution in [2.24, 2.45) is 7.05 Å². The molecule has 2 aromatic heterocycles. The average molecular weight is 409 g/mol. The first-order valence-electron chi connectivity index (χ1n) is 10.0. The normalized spacial score (nSPS) is 12.1. The molecule has 0 bridgehead atoms. The Morgan fingerprint density at radius 3 is 2.39 bits per heavy atom. The Hall–Kier alpha value is -1.67. The molecule has 2 aromatic rings.